The van der Waals surface area contributed by atoms with Gasteiger partial charge in [-0.25, -0.2) is 4.39 Å². The fourth-order valence-corrected chi connectivity index (χ4v) is 2.63. The normalized spacial score (nSPS) is 16.1. The lowest BCUT2D eigenvalue weighted by atomic mass is 10.0. The second-order valence-electron chi connectivity index (χ2n) is 5.89. The van der Waals surface area contributed by atoms with Gasteiger partial charge in [0.15, 0.2) is 0 Å². The minimum Gasteiger partial charge on any atom is -0.382 e. The first kappa shape index (κ1) is 17.0. The van der Waals surface area contributed by atoms with Gasteiger partial charge in [-0.1, -0.05) is 35.5 Å². The smallest absolute Gasteiger partial charge is 0.264 e. The molecule has 1 amide bonds. The van der Waals surface area contributed by atoms with Crippen molar-refractivity contribution < 1.29 is 14.0 Å². The van der Waals surface area contributed by atoms with Crippen molar-refractivity contribution in [1.82, 2.24) is 5.32 Å². The van der Waals surface area contributed by atoms with E-state index < -0.39 is 6.10 Å². The van der Waals surface area contributed by atoms with E-state index in [9.17, 15) is 9.18 Å². The topological polar surface area (TPSA) is 53.9 Å². The van der Waals surface area contributed by atoms with Crippen LogP contribution in [0, 0.1) is 5.82 Å². The summed E-state index contributed by atoms with van der Waals surface area (Å²) in [5, 5.41) is 6.77. The van der Waals surface area contributed by atoms with Crippen LogP contribution in [-0.2, 0) is 9.63 Å². The molecular weight excluding hydrogens is 321 g/mol. The SMILES string of the molecule is CN(CCNC(=O)C1CC(c2cccc(F)c2)=NO1)c1ccccc1. The third-order valence-electron chi connectivity index (χ3n) is 4.06. The Kier molecular flexibility index (Phi) is 5.28. The molecule has 1 N–H and O–H groups in total. The molecular formula is C19H20FN3O2. The Hall–Kier alpha value is -2.89. The Morgan fingerprint density at radius 3 is 2.84 bits per heavy atom. The molecule has 1 heterocycles. The maximum Gasteiger partial charge on any atom is 0.264 e. The molecule has 0 bridgehead atoms. The van der Waals surface area contributed by atoms with E-state index in [0.717, 1.165) is 5.69 Å². The van der Waals surface area contributed by atoms with E-state index in [-0.39, 0.29) is 11.7 Å². The van der Waals surface area contributed by atoms with Crippen LogP contribution in [0.4, 0.5) is 10.1 Å². The lowest BCUT2D eigenvalue weighted by Crippen LogP contribution is -2.39. The summed E-state index contributed by atoms with van der Waals surface area (Å²) in [5.74, 6) is -0.548. The van der Waals surface area contributed by atoms with Crippen molar-refractivity contribution in [3.63, 3.8) is 0 Å². The van der Waals surface area contributed by atoms with Crippen LogP contribution in [0.15, 0.2) is 59.8 Å². The summed E-state index contributed by atoms with van der Waals surface area (Å²) in [7, 11) is 1.97. The molecule has 6 heteroatoms. The average Bonchev–Trinajstić information content (AvgIpc) is 3.12. The standard InChI is InChI=1S/C19H20FN3O2/c1-23(16-8-3-2-4-9-16)11-10-21-19(24)18-13-17(22-25-18)14-6-5-7-15(20)12-14/h2-9,12,18H,10-11,13H2,1H3,(H,21,24). The van der Waals surface area contributed by atoms with Crippen molar-refractivity contribution in [3.8, 4) is 0 Å². The first-order valence-electron chi connectivity index (χ1n) is 8.16. The molecule has 0 saturated heterocycles. The molecule has 1 aliphatic heterocycles. The van der Waals surface area contributed by atoms with Gasteiger partial charge in [0.1, 0.15) is 5.82 Å². The number of halogens is 1. The minimum atomic E-state index is -0.666. The van der Waals surface area contributed by atoms with Gasteiger partial charge >= 0.3 is 0 Å². The van der Waals surface area contributed by atoms with Gasteiger partial charge < -0.3 is 15.1 Å². The third-order valence-corrected chi connectivity index (χ3v) is 4.06. The van der Waals surface area contributed by atoms with Crippen LogP contribution in [0.2, 0.25) is 0 Å². The van der Waals surface area contributed by atoms with Crippen molar-refractivity contribution in [3.05, 3.63) is 66.0 Å². The largest absolute Gasteiger partial charge is 0.382 e. The number of oxime groups is 1. The van der Waals surface area contributed by atoms with E-state index in [1.165, 1.54) is 12.1 Å². The highest BCUT2D eigenvalue weighted by Crippen LogP contribution is 2.17. The number of nitrogens with zero attached hydrogens (tertiary/aromatic N) is 2. The van der Waals surface area contributed by atoms with E-state index in [2.05, 4.69) is 15.4 Å². The van der Waals surface area contributed by atoms with Crippen LogP contribution >= 0.6 is 0 Å². The predicted molar refractivity (Wildman–Crippen MR) is 95.1 cm³/mol. The van der Waals surface area contributed by atoms with Crippen molar-refractivity contribution >= 4 is 17.3 Å². The molecule has 0 aromatic heterocycles. The quantitative estimate of drug-likeness (QED) is 0.879. The zero-order valence-corrected chi connectivity index (χ0v) is 14.0. The van der Waals surface area contributed by atoms with Gasteiger partial charge in [0, 0.05) is 37.8 Å². The number of likely N-dealkylation sites (N-methyl/N-ethyl adjacent to an activating group) is 1. The summed E-state index contributed by atoms with van der Waals surface area (Å²) in [6, 6.07) is 16.1. The van der Waals surface area contributed by atoms with Crippen molar-refractivity contribution in [1.29, 1.82) is 0 Å². The summed E-state index contributed by atoms with van der Waals surface area (Å²) in [4.78, 5) is 19.5. The van der Waals surface area contributed by atoms with Crippen LogP contribution in [0.25, 0.3) is 0 Å². The first-order chi connectivity index (χ1) is 12.1. The van der Waals surface area contributed by atoms with Gasteiger partial charge in [0.05, 0.1) is 5.71 Å². The fraction of sp³-hybridized carbons (Fsp3) is 0.263. The summed E-state index contributed by atoms with van der Waals surface area (Å²) in [6.07, 6.45) is -0.329. The second kappa shape index (κ2) is 7.79. The minimum absolute atomic E-state index is 0.211. The molecule has 1 atom stereocenters. The first-order valence-corrected chi connectivity index (χ1v) is 8.16. The van der Waals surface area contributed by atoms with E-state index in [4.69, 9.17) is 4.84 Å². The highest BCUT2D eigenvalue weighted by Gasteiger charge is 2.28. The molecule has 130 valence electrons. The molecule has 2 aromatic carbocycles. The van der Waals surface area contributed by atoms with Crippen molar-refractivity contribution in [2.24, 2.45) is 5.16 Å². The Morgan fingerprint density at radius 1 is 1.28 bits per heavy atom. The van der Waals surface area contributed by atoms with Crippen LogP contribution in [0.1, 0.15) is 12.0 Å². The number of amides is 1. The lowest BCUT2D eigenvalue weighted by molar-refractivity contribution is -0.131. The number of benzene rings is 2. The zero-order chi connectivity index (χ0) is 17.6. The number of nitrogens with one attached hydrogen (secondary N) is 1. The zero-order valence-electron chi connectivity index (χ0n) is 14.0. The fourth-order valence-electron chi connectivity index (χ4n) is 2.63. The molecule has 3 rings (SSSR count). The molecule has 25 heavy (non-hydrogen) atoms. The molecule has 5 nitrogen and oxygen atoms in total. The average molecular weight is 341 g/mol. The van der Waals surface area contributed by atoms with Gasteiger partial charge in [0.2, 0.25) is 6.10 Å². The molecule has 0 saturated carbocycles. The predicted octanol–water partition coefficient (Wildman–Crippen LogP) is 2.57. The lowest BCUT2D eigenvalue weighted by Gasteiger charge is -2.19. The number of carbonyl (C=O) groups excluding carboxylic acids is 1. The number of hydrogen-bond acceptors (Lipinski definition) is 4. The molecule has 0 spiro atoms. The Bertz CT molecular complexity index is 764. The van der Waals surface area contributed by atoms with Gasteiger partial charge in [-0.05, 0) is 24.3 Å². The maximum absolute atomic E-state index is 13.3. The second-order valence-corrected chi connectivity index (χ2v) is 5.89. The molecule has 0 fully saturated rings. The maximum atomic E-state index is 13.3. The van der Waals surface area contributed by atoms with E-state index in [0.29, 0.717) is 30.8 Å². The van der Waals surface area contributed by atoms with Crippen LogP contribution in [-0.4, -0.2) is 37.9 Å². The number of rotatable bonds is 6. The van der Waals surface area contributed by atoms with Crippen LogP contribution in [0.3, 0.4) is 0 Å². The van der Waals surface area contributed by atoms with Crippen LogP contribution in [0.5, 0.6) is 0 Å². The van der Waals surface area contributed by atoms with E-state index >= 15 is 0 Å². The number of anilines is 1. The Labute approximate surface area is 146 Å². The summed E-state index contributed by atoms with van der Waals surface area (Å²) >= 11 is 0. The Balaban J connectivity index is 1.46. The number of carbonyl (C=O) groups is 1. The molecule has 0 aliphatic carbocycles. The highest BCUT2D eigenvalue weighted by atomic mass is 19.1. The molecule has 1 aliphatic rings. The van der Waals surface area contributed by atoms with Crippen molar-refractivity contribution in [2.75, 3.05) is 25.0 Å². The third kappa shape index (κ3) is 4.35. The van der Waals surface area contributed by atoms with Crippen molar-refractivity contribution in [2.45, 2.75) is 12.5 Å². The van der Waals surface area contributed by atoms with Gasteiger partial charge in [-0.15, -0.1) is 0 Å². The van der Waals surface area contributed by atoms with Crippen LogP contribution < -0.4 is 10.2 Å². The number of hydrogen-bond donors (Lipinski definition) is 1. The molecule has 2 aromatic rings. The summed E-state index contributed by atoms with van der Waals surface area (Å²) in [5.41, 5.74) is 2.31. The Morgan fingerprint density at radius 2 is 2.08 bits per heavy atom. The van der Waals surface area contributed by atoms with E-state index in [1.54, 1.807) is 12.1 Å². The monoisotopic (exact) mass is 341 g/mol. The van der Waals surface area contributed by atoms with Gasteiger partial charge in [-0.3, -0.25) is 4.79 Å². The molecule has 0 radical (unpaired) electrons. The molecule has 1 unspecified atom stereocenters. The number of para-hydroxylation sites is 1. The highest BCUT2D eigenvalue weighted by molar-refractivity contribution is 6.04. The summed E-state index contributed by atoms with van der Waals surface area (Å²) in [6.45, 7) is 1.18. The van der Waals surface area contributed by atoms with E-state index in [1.807, 2.05) is 37.4 Å². The summed E-state index contributed by atoms with van der Waals surface area (Å²) < 4.78 is 13.3. The van der Waals surface area contributed by atoms with Gasteiger partial charge in [-0.2, -0.15) is 0 Å². The van der Waals surface area contributed by atoms with Gasteiger partial charge in [0.25, 0.3) is 5.91 Å².